The molecule has 178 valence electrons. The maximum Gasteiger partial charge on any atom is 0.331 e. The minimum atomic E-state index is -1.51. The molecular weight excluding hydrogens is 442 g/mol. The predicted molar refractivity (Wildman–Crippen MR) is 133 cm³/mol. The molecule has 2 saturated heterocycles. The predicted octanol–water partition coefficient (Wildman–Crippen LogP) is 3.27. The Kier molecular flexibility index (Phi) is 5.65. The van der Waals surface area contributed by atoms with Gasteiger partial charge in [0.1, 0.15) is 0 Å². The maximum absolute atomic E-state index is 14.0. The van der Waals surface area contributed by atoms with E-state index in [4.69, 9.17) is 4.74 Å². The SMILES string of the molecule is COC(=O)[C@]1(c2ccccc2)N[C@H](c2ccc(N(C)C)cc2)[C@@H]2C(=O)N(c3ccccc3)C(=O)[C@H]21. The van der Waals surface area contributed by atoms with Gasteiger partial charge in [0.15, 0.2) is 5.54 Å². The number of ether oxygens (including phenoxy) is 1. The topological polar surface area (TPSA) is 79.0 Å². The van der Waals surface area contributed by atoms with Gasteiger partial charge in [0, 0.05) is 25.8 Å². The lowest BCUT2D eigenvalue weighted by Gasteiger charge is -2.33. The van der Waals surface area contributed by atoms with Crippen LogP contribution < -0.4 is 15.1 Å². The molecule has 5 rings (SSSR count). The third kappa shape index (κ3) is 3.42. The lowest BCUT2D eigenvalue weighted by molar-refractivity contribution is -0.152. The molecule has 0 radical (unpaired) electrons. The third-order valence-corrected chi connectivity index (χ3v) is 7.08. The summed E-state index contributed by atoms with van der Waals surface area (Å²) in [5.41, 5.74) is 1.39. The van der Waals surface area contributed by atoms with Crippen LogP contribution in [0.5, 0.6) is 0 Å². The number of carbonyl (C=O) groups excluding carboxylic acids is 3. The number of nitrogens with one attached hydrogen (secondary N) is 1. The van der Waals surface area contributed by atoms with Crippen LogP contribution >= 0.6 is 0 Å². The lowest BCUT2D eigenvalue weighted by atomic mass is 9.75. The number of carbonyl (C=O) groups is 3. The van der Waals surface area contributed by atoms with Gasteiger partial charge in [-0.25, -0.2) is 9.69 Å². The zero-order valence-corrected chi connectivity index (χ0v) is 19.8. The van der Waals surface area contributed by atoms with Crippen LogP contribution in [0.2, 0.25) is 0 Å². The van der Waals surface area contributed by atoms with E-state index in [1.54, 1.807) is 36.4 Å². The normalized spacial score (nSPS) is 25.5. The van der Waals surface area contributed by atoms with Crippen molar-refractivity contribution in [3.8, 4) is 0 Å². The van der Waals surface area contributed by atoms with Gasteiger partial charge in [-0.3, -0.25) is 14.9 Å². The molecule has 0 spiro atoms. The Hall–Kier alpha value is -3.97. The molecule has 3 aromatic rings. The summed E-state index contributed by atoms with van der Waals surface area (Å²) in [5.74, 6) is -3.10. The number of anilines is 2. The minimum absolute atomic E-state index is 0.331. The molecule has 7 nitrogen and oxygen atoms in total. The molecule has 0 unspecified atom stereocenters. The van der Waals surface area contributed by atoms with Crippen molar-refractivity contribution < 1.29 is 19.1 Å². The Bertz CT molecular complexity index is 1260. The lowest BCUT2D eigenvalue weighted by Crippen LogP contribution is -2.53. The average molecular weight is 470 g/mol. The number of esters is 1. The summed E-state index contributed by atoms with van der Waals surface area (Å²) in [6, 6.07) is 25.1. The highest BCUT2D eigenvalue weighted by Crippen LogP contribution is 2.54. The zero-order chi connectivity index (χ0) is 24.7. The molecule has 35 heavy (non-hydrogen) atoms. The van der Waals surface area contributed by atoms with E-state index in [0.29, 0.717) is 11.3 Å². The van der Waals surface area contributed by atoms with Gasteiger partial charge in [-0.15, -0.1) is 0 Å². The van der Waals surface area contributed by atoms with Gasteiger partial charge in [0.2, 0.25) is 11.8 Å². The molecule has 0 bridgehead atoms. The van der Waals surface area contributed by atoms with Gasteiger partial charge in [-0.2, -0.15) is 0 Å². The molecule has 3 aromatic carbocycles. The fourth-order valence-electron chi connectivity index (χ4n) is 5.44. The molecule has 2 fully saturated rings. The van der Waals surface area contributed by atoms with Crippen molar-refractivity contribution in [2.75, 3.05) is 31.0 Å². The van der Waals surface area contributed by atoms with Crippen molar-refractivity contribution in [3.05, 3.63) is 96.1 Å². The van der Waals surface area contributed by atoms with Crippen LogP contribution in [-0.4, -0.2) is 39.0 Å². The number of nitrogens with zero attached hydrogens (tertiary/aromatic N) is 2. The summed E-state index contributed by atoms with van der Waals surface area (Å²) in [6.45, 7) is 0. The summed E-state index contributed by atoms with van der Waals surface area (Å²) in [6.07, 6.45) is 0. The van der Waals surface area contributed by atoms with Crippen LogP contribution in [0.15, 0.2) is 84.9 Å². The number of para-hydroxylation sites is 1. The monoisotopic (exact) mass is 469 g/mol. The summed E-state index contributed by atoms with van der Waals surface area (Å²) in [7, 11) is 5.21. The van der Waals surface area contributed by atoms with E-state index in [1.165, 1.54) is 12.0 Å². The number of methoxy groups -OCH3 is 1. The molecule has 2 aliphatic rings. The number of hydrogen-bond donors (Lipinski definition) is 1. The smallest absolute Gasteiger partial charge is 0.331 e. The van der Waals surface area contributed by atoms with Gasteiger partial charge >= 0.3 is 5.97 Å². The van der Waals surface area contributed by atoms with Gasteiger partial charge < -0.3 is 9.64 Å². The fraction of sp³-hybridized carbons (Fsp3) is 0.250. The Morgan fingerprint density at radius 3 is 2.06 bits per heavy atom. The second-order valence-corrected chi connectivity index (χ2v) is 9.12. The van der Waals surface area contributed by atoms with Crippen molar-refractivity contribution in [2.24, 2.45) is 11.8 Å². The first-order chi connectivity index (χ1) is 16.9. The number of benzene rings is 3. The van der Waals surface area contributed by atoms with Crippen LogP contribution in [0.3, 0.4) is 0 Å². The number of imide groups is 1. The third-order valence-electron chi connectivity index (χ3n) is 7.08. The highest BCUT2D eigenvalue weighted by molar-refractivity contribution is 6.24. The molecule has 4 atom stereocenters. The first kappa shape index (κ1) is 22.8. The van der Waals surface area contributed by atoms with Gasteiger partial charge in [0.05, 0.1) is 24.6 Å². The first-order valence-electron chi connectivity index (χ1n) is 11.5. The summed E-state index contributed by atoms with van der Waals surface area (Å²) in [5, 5.41) is 3.41. The maximum atomic E-state index is 14.0. The van der Waals surface area contributed by atoms with E-state index in [1.807, 2.05) is 67.5 Å². The molecule has 2 aliphatic heterocycles. The van der Waals surface area contributed by atoms with Crippen molar-refractivity contribution in [1.82, 2.24) is 5.32 Å². The highest BCUT2D eigenvalue weighted by atomic mass is 16.5. The van der Waals surface area contributed by atoms with Crippen LogP contribution in [-0.2, 0) is 24.7 Å². The van der Waals surface area contributed by atoms with Crippen LogP contribution in [0.1, 0.15) is 17.2 Å². The average Bonchev–Trinajstić information content (AvgIpc) is 3.39. The Balaban J connectivity index is 1.70. The Morgan fingerprint density at radius 1 is 0.886 bits per heavy atom. The molecule has 0 aromatic heterocycles. The van der Waals surface area contributed by atoms with E-state index in [2.05, 4.69) is 5.32 Å². The summed E-state index contributed by atoms with van der Waals surface area (Å²) < 4.78 is 5.27. The Labute approximate surface area is 204 Å². The number of hydrogen-bond acceptors (Lipinski definition) is 6. The van der Waals surface area contributed by atoms with Crippen LogP contribution in [0, 0.1) is 11.8 Å². The van der Waals surface area contributed by atoms with Crippen molar-refractivity contribution >= 4 is 29.2 Å². The largest absolute Gasteiger partial charge is 0.467 e. The second kappa shape index (κ2) is 8.67. The summed E-state index contributed by atoms with van der Waals surface area (Å²) >= 11 is 0. The quantitative estimate of drug-likeness (QED) is 0.457. The number of amides is 2. The Morgan fingerprint density at radius 2 is 1.49 bits per heavy atom. The van der Waals surface area contributed by atoms with Crippen molar-refractivity contribution in [1.29, 1.82) is 0 Å². The van der Waals surface area contributed by atoms with Crippen LogP contribution in [0.25, 0.3) is 0 Å². The second-order valence-electron chi connectivity index (χ2n) is 9.12. The highest BCUT2D eigenvalue weighted by Gasteiger charge is 2.69. The van der Waals surface area contributed by atoms with Gasteiger partial charge in [0.25, 0.3) is 0 Å². The van der Waals surface area contributed by atoms with E-state index in [-0.39, 0.29) is 5.91 Å². The van der Waals surface area contributed by atoms with E-state index < -0.39 is 35.3 Å². The van der Waals surface area contributed by atoms with E-state index in [0.717, 1.165) is 11.3 Å². The summed E-state index contributed by atoms with van der Waals surface area (Å²) in [4.78, 5) is 44.6. The fourth-order valence-corrected chi connectivity index (χ4v) is 5.44. The first-order valence-corrected chi connectivity index (χ1v) is 11.5. The number of rotatable bonds is 5. The molecule has 0 aliphatic carbocycles. The number of fused-ring (bicyclic) bond motifs is 1. The van der Waals surface area contributed by atoms with E-state index >= 15 is 0 Å². The van der Waals surface area contributed by atoms with Gasteiger partial charge in [-0.05, 0) is 35.4 Å². The molecular formula is C28H27N3O4. The standard InChI is InChI=1S/C28H27N3O4/c1-30(2)20-16-14-18(15-17-20)24-22-23(26(33)31(25(22)32)21-12-8-5-9-13-21)28(29-24,27(34)35-3)19-10-6-4-7-11-19/h4-17,22-24,29H,1-3H3/t22-,23+,24-,28-/m1/s1. The molecule has 0 saturated carbocycles. The van der Waals surface area contributed by atoms with Crippen molar-refractivity contribution in [3.63, 3.8) is 0 Å². The zero-order valence-electron chi connectivity index (χ0n) is 19.8. The molecule has 2 amide bonds. The van der Waals surface area contributed by atoms with E-state index in [9.17, 15) is 14.4 Å². The van der Waals surface area contributed by atoms with Gasteiger partial charge in [-0.1, -0.05) is 60.7 Å². The molecule has 2 heterocycles. The van der Waals surface area contributed by atoms with Crippen LogP contribution in [0.4, 0.5) is 11.4 Å². The minimum Gasteiger partial charge on any atom is -0.467 e. The molecule has 1 N–H and O–H groups in total. The van der Waals surface area contributed by atoms with Crippen molar-refractivity contribution in [2.45, 2.75) is 11.6 Å². The molecule has 7 heteroatoms.